The Morgan fingerprint density at radius 3 is 2.09 bits per heavy atom. The molecule has 0 aromatic rings. The molecule has 1 fully saturated rings. The van der Waals surface area contributed by atoms with E-state index in [0.717, 1.165) is 17.8 Å². The van der Waals surface area contributed by atoms with Gasteiger partial charge >= 0.3 is 0 Å². The Balaban J connectivity index is 2.33. The van der Waals surface area contributed by atoms with Crippen LogP contribution in [-0.4, -0.2) is 6.21 Å². The van der Waals surface area contributed by atoms with Crippen LogP contribution >= 0.6 is 0 Å². The summed E-state index contributed by atoms with van der Waals surface area (Å²) >= 11 is 0. The van der Waals surface area contributed by atoms with E-state index >= 15 is 0 Å². The Kier molecular flexibility index (Phi) is 2.48. The lowest BCUT2D eigenvalue weighted by Gasteiger charge is -1.83. The van der Waals surface area contributed by atoms with Crippen molar-refractivity contribution in [3.63, 3.8) is 0 Å². The molecule has 1 nitrogen and oxygen atoms in total. The predicted molar refractivity (Wildman–Crippen MR) is 49.7 cm³/mol. The first-order chi connectivity index (χ1) is 5.13. The highest BCUT2D eigenvalue weighted by atomic mass is 14.7. The van der Waals surface area contributed by atoms with Gasteiger partial charge in [0.25, 0.3) is 0 Å². The smallest absolute Gasteiger partial charge is 0.0250 e. The first-order valence-electron chi connectivity index (χ1n) is 4.29. The second-order valence-electron chi connectivity index (χ2n) is 3.80. The highest BCUT2D eigenvalue weighted by Crippen LogP contribution is 2.43. The molecule has 62 valence electrons. The number of aliphatic imine (C=N–C) groups is 1. The van der Waals surface area contributed by atoms with E-state index in [2.05, 4.69) is 38.9 Å². The molecule has 0 spiro atoms. The van der Waals surface area contributed by atoms with E-state index < -0.39 is 0 Å². The molecule has 11 heavy (non-hydrogen) atoms. The maximum Gasteiger partial charge on any atom is 0.0250 e. The van der Waals surface area contributed by atoms with Crippen molar-refractivity contribution in [3.8, 4) is 0 Å². The first kappa shape index (κ1) is 8.51. The van der Waals surface area contributed by atoms with Crippen molar-refractivity contribution in [3.05, 3.63) is 11.8 Å². The molecule has 0 saturated heterocycles. The molecule has 0 heterocycles. The lowest BCUT2D eigenvalue weighted by atomic mass is 10.3. The summed E-state index contributed by atoms with van der Waals surface area (Å²) in [6, 6.07) is 0. The van der Waals surface area contributed by atoms with Gasteiger partial charge in [0.2, 0.25) is 0 Å². The summed E-state index contributed by atoms with van der Waals surface area (Å²) in [5, 5.41) is 0. The van der Waals surface area contributed by atoms with E-state index in [1.165, 1.54) is 5.57 Å². The standard InChI is InChI=1S/C10H17N/c1-7(2)5-11-6-10-8(3)9(10)4/h5-6,8-10H,1-4H3. The summed E-state index contributed by atoms with van der Waals surface area (Å²) in [6.45, 7) is 8.70. The molecule has 1 aliphatic carbocycles. The van der Waals surface area contributed by atoms with Crippen LogP contribution in [0.15, 0.2) is 16.8 Å². The molecule has 1 rings (SSSR count). The van der Waals surface area contributed by atoms with Gasteiger partial charge in [-0.1, -0.05) is 19.4 Å². The molecule has 0 bridgehead atoms. The largest absolute Gasteiger partial charge is 0.269 e. The molecular weight excluding hydrogens is 134 g/mol. The Bertz CT molecular complexity index is 179. The highest BCUT2D eigenvalue weighted by molar-refractivity contribution is 5.66. The van der Waals surface area contributed by atoms with Gasteiger partial charge < -0.3 is 0 Å². The molecule has 0 radical (unpaired) electrons. The minimum atomic E-state index is 0.741. The Morgan fingerprint density at radius 1 is 1.18 bits per heavy atom. The van der Waals surface area contributed by atoms with Gasteiger partial charge in [-0.3, -0.25) is 4.99 Å². The Labute approximate surface area is 69.2 Å². The van der Waals surface area contributed by atoms with Gasteiger partial charge in [0, 0.05) is 12.4 Å². The van der Waals surface area contributed by atoms with Crippen molar-refractivity contribution in [1.82, 2.24) is 0 Å². The third-order valence-corrected chi connectivity index (χ3v) is 2.49. The molecule has 0 aromatic heterocycles. The number of hydrogen-bond acceptors (Lipinski definition) is 1. The Morgan fingerprint density at radius 2 is 1.73 bits per heavy atom. The molecule has 0 aliphatic heterocycles. The summed E-state index contributed by atoms with van der Waals surface area (Å²) in [4.78, 5) is 4.25. The average molecular weight is 151 g/mol. The quantitative estimate of drug-likeness (QED) is 0.538. The van der Waals surface area contributed by atoms with Crippen molar-refractivity contribution in [1.29, 1.82) is 0 Å². The van der Waals surface area contributed by atoms with E-state index in [4.69, 9.17) is 0 Å². The normalized spacial score (nSPS) is 35.8. The van der Waals surface area contributed by atoms with E-state index in [9.17, 15) is 0 Å². The van der Waals surface area contributed by atoms with Gasteiger partial charge in [-0.15, -0.1) is 0 Å². The zero-order valence-corrected chi connectivity index (χ0v) is 7.83. The fraction of sp³-hybridized carbons (Fsp3) is 0.700. The van der Waals surface area contributed by atoms with Gasteiger partial charge in [0.05, 0.1) is 0 Å². The summed E-state index contributed by atoms with van der Waals surface area (Å²) < 4.78 is 0. The van der Waals surface area contributed by atoms with Crippen molar-refractivity contribution in [2.75, 3.05) is 0 Å². The number of rotatable bonds is 2. The number of nitrogens with zero attached hydrogens (tertiary/aromatic N) is 1. The van der Waals surface area contributed by atoms with Gasteiger partial charge in [-0.2, -0.15) is 0 Å². The second kappa shape index (κ2) is 3.21. The molecule has 0 N–H and O–H groups in total. The van der Waals surface area contributed by atoms with Crippen molar-refractivity contribution < 1.29 is 0 Å². The van der Waals surface area contributed by atoms with Crippen LogP contribution in [0.2, 0.25) is 0 Å². The Hall–Kier alpha value is -0.590. The maximum absolute atomic E-state index is 4.25. The molecule has 0 aromatic carbocycles. The lowest BCUT2D eigenvalue weighted by Crippen LogP contribution is -1.78. The highest BCUT2D eigenvalue weighted by Gasteiger charge is 2.41. The number of hydrogen-bond donors (Lipinski definition) is 0. The summed E-state index contributed by atoms with van der Waals surface area (Å²) in [5.74, 6) is 2.44. The number of allylic oxidation sites excluding steroid dienone is 1. The summed E-state index contributed by atoms with van der Waals surface area (Å²) in [5.41, 5.74) is 1.27. The fourth-order valence-corrected chi connectivity index (χ4v) is 1.26. The van der Waals surface area contributed by atoms with Crippen molar-refractivity contribution >= 4 is 6.21 Å². The monoisotopic (exact) mass is 151 g/mol. The zero-order chi connectivity index (χ0) is 8.43. The minimum absolute atomic E-state index is 0.741. The molecular formula is C10H17N. The molecule has 1 saturated carbocycles. The van der Waals surface area contributed by atoms with Gasteiger partial charge in [-0.25, -0.2) is 0 Å². The maximum atomic E-state index is 4.25. The average Bonchev–Trinajstić information content (AvgIpc) is 2.44. The van der Waals surface area contributed by atoms with E-state index in [1.807, 2.05) is 6.20 Å². The van der Waals surface area contributed by atoms with Crippen LogP contribution in [0.3, 0.4) is 0 Å². The van der Waals surface area contributed by atoms with Crippen LogP contribution in [0.4, 0.5) is 0 Å². The second-order valence-corrected chi connectivity index (χ2v) is 3.80. The van der Waals surface area contributed by atoms with Gasteiger partial charge in [0.1, 0.15) is 0 Å². The first-order valence-corrected chi connectivity index (χ1v) is 4.29. The topological polar surface area (TPSA) is 12.4 Å². The van der Waals surface area contributed by atoms with E-state index in [1.54, 1.807) is 0 Å². The fourth-order valence-electron chi connectivity index (χ4n) is 1.26. The van der Waals surface area contributed by atoms with Crippen molar-refractivity contribution in [2.24, 2.45) is 22.7 Å². The predicted octanol–water partition coefficient (Wildman–Crippen LogP) is 2.88. The van der Waals surface area contributed by atoms with Gasteiger partial charge in [0.15, 0.2) is 0 Å². The molecule has 1 heteroatoms. The molecule has 2 atom stereocenters. The van der Waals surface area contributed by atoms with Crippen molar-refractivity contribution in [2.45, 2.75) is 27.7 Å². The third kappa shape index (κ3) is 2.18. The molecule has 2 unspecified atom stereocenters. The summed E-state index contributed by atoms with van der Waals surface area (Å²) in [7, 11) is 0. The molecule has 0 amide bonds. The molecule has 1 aliphatic rings. The van der Waals surface area contributed by atoms with Crippen LogP contribution in [0.5, 0.6) is 0 Å². The van der Waals surface area contributed by atoms with Crippen LogP contribution < -0.4 is 0 Å². The minimum Gasteiger partial charge on any atom is -0.269 e. The van der Waals surface area contributed by atoms with Crippen LogP contribution in [0.1, 0.15) is 27.7 Å². The third-order valence-electron chi connectivity index (χ3n) is 2.49. The lowest BCUT2D eigenvalue weighted by molar-refractivity contribution is 0.834. The van der Waals surface area contributed by atoms with E-state index in [-0.39, 0.29) is 0 Å². The van der Waals surface area contributed by atoms with E-state index in [0.29, 0.717) is 0 Å². The SMILES string of the molecule is CC(C)=CN=CC1C(C)C1C. The van der Waals surface area contributed by atoms with Crippen LogP contribution in [-0.2, 0) is 0 Å². The van der Waals surface area contributed by atoms with Gasteiger partial charge in [-0.05, 0) is 31.6 Å². The van der Waals surface area contributed by atoms with Crippen LogP contribution in [0.25, 0.3) is 0 Å². The zero-order valence-electron chi connectivity index (χ0n) is 7.83. The summed E-state index contributed by atoms with van der Waals surface area (Å²) in [6.07, 6.45) is 4.01. The van der Waals surface area contributed by atoms with Crippen LogP contribution in [0, 0.1) is 17.8 Å².